The lowest BCUT2D eigenvalue weighted by molar-refractivity contribution is 0.0697. The Morgan fingerprint density at radius 3 is 2.46 bits per heavy atom. The van der Waals surface area contributed by atoms with E-state index in [2.05, 4.69) is 10.0 Å². The summed E-state index contributed by atoms with van der Waals surface area (Å²) in [5, 5.41) is 12.5. The number of anilines is 1. The number of carbonyl (C=O) groups is 1. The molecular formula is C19H24N2O4S. The minimum absolute atomic E-state index is 0.0527. The molecule has 2 aromatic carbocycles. The molecule has 0 unspecified atom stereocenters. The summed E-state index contributed by atoms with van der Waals surface area (Å²) in [7, 11) is -3.76. The fraction of sp³-hybridized carbons (Fsp3) is 0.316. The highest BCUT2D eigenvalue weighted by Gasteiger charge is 2.20. The van der Waals surface area contributed by atoms with Gasteiger partial charge in [0.15, 0.2) is 0 Å². The van der Waals surface area contributed by atoms with Crippen molar-refractivity contribution in [2.24, 2.45) is 0 Å². The van der Waals surface area contributed by atoms with Crippen LogP contribution in [-0.2, 0) is 16.6 Å². The van der Waals surface area contributed by atoms with Crippen LogP contribution in [0.1, 0.15) is 42.6 Å². The van der Waals surface area contributed by atoms with E-state index in [4.69, 9.17) is 0 Å². The van der Waals surface area contributed by atoms with Gasteiger partial charge in [-0.2, -0.15) is 0 Å². The van der Waals surface area contributed by atoms with Crippen LogP contribution in [0.3, 0.4) is 0 Å². The van der Waals surface area contributed by atoms with Crippen molar-refractivity contribution in [2.45, 2.75) is 44.2 Å². The maximum absolute atomic E-state index is 12.5. The lowest BCUT2D eigenvalue weighted by Crippen LogP contribution is -2.32. The number of carboxylic acids is 1. The Kier molecular flexibility index (Phi) is 6.76. The van der Waals surface area contributed by atoms with Crippen molar-refractivity contribution >= 4 is 21.7 Å². The van der Waals surface area contributed by atoms with Gasteiger partial charge in [-0.1, -0.05) is 43.7 Å². The first-order valence-electron chi connectivity index (χ1n) is 8.51. The van der Waals surface area contributed by atoms with Crippen molar-refractivity contribution < 1.29 is 18.3 Å². The molecule has 0 spiro atoms. The molecule has 0 fully saturated rings. The fourth-order valence-corrected chi connectivity index (χ4v) is 3.94. The molecule has 0 bridgehead atoms. The number of aromatic carboxylic acids is 1. The number of hydrogen-bond donors (Lipinski definition) is 3. The first kappa shape index (κ1) is 19.9. The zero-order valence-electron chi connectivity index (χ0n) is 14.9. The summed E-state index contributed by atoms with van der Waals surface area (Å²) in [6, 6.07) is 13.4. The Hall–Kier alpha value is -2.38. The molecule has 2 rings (SSSR count). The lowest BCUT2D eigenvalue weighted by atomic mass is 10.1. The molecule has 3 N–H and O–H groups in total. The van der Waals surface area contributed by atoms with Gasteiger partial charge in [0.05, 0.1) is 10.5 Å². The maximum atomic E-state index is 12.5. The number of carboxylic acid groups (broad SMARTS) is 1. The van der Waals surface area contributed by atoms with E-state index in [1.807, 2.05) is 37.3 Å². The molecule has 140 valence electrons. The van der Waals surface area contributed by atoms with Gasteiger partial charge >= 0.3 is 5.97 Å². The standard InChI is InChI=1S/C19H24N2O4S/c1-3-7-14(2)21-26(24,25)16-10-11-18(17(12-16)19(22)23)20-13-15-8-5-4-6-9-15/h4-6,8-12,14,20-21H,3,7,13H2,1-2H3,(H,22,23)/t14-/m1/s1. The second kappa shape index (κ2) is 8.82. The summed E-state index contributed by atoms with van der Waals surface area (Å²) in [5.41, 5.74) is 1.30. The maximum Gasteiger partial charge on any atom is 0.337 e. The Labute approximate surface area is 154 Å². The van der Waals surface area contributed by atoms with Gasteiger partial charge in [-0.15, -0.1) is 0 Å². The summed E-state index contributed by atoms with van der Waals surface area (Å²) in [5.74, 6) is -1.18. The third-order valence-electron chi connectivity index (χ3n) is 3.94. The van der Waals surface area contributed by atoms with Gasteiger partial charge in [-0.3, -0.25) is 0 Å². The molecule has 7 heteroatoms. The quantitative estimate of drug-likeness (QED) is 0.623. The van der Waals surface area contributed by atoms with E-state index < -0.39 is 16.0 Å². The molecule has 0 aliphatic heterocycles. The van der Waals surface area contributed by atoms with Gasteiger partial charge in [0.1, 0.15) is 0 Å². The van der Waals surface area contributed by atoms with E-state index >= 15 is 0 Å². The molecule has 0 aliphatic rings. The average Bonchev–Trinajstić information content (AvgIpc) is 2.60. The Bertz CT molecular complexity index is 851. The normalized spacial score (nSPS) is 12.5. The molecule has 0 amide bonds. The fourth-order valence-electron chi connectivity index (χ4n) is 2.64. The molecule has 26 heavy (non-hydrogen) atoms. The SMILES string of the molecule is CCC[C@@H](C)NS(=O)(=O)c1ccc(NCc2ccccc2)c(C(=O)O)c1. The van der Waals surface area contributed by atoms with Crippen molar-refractivity contribution in [3.05, 3.63) is 59.7 Å². The molecule has 0 aromatic heterocycles. The van der Waals surface area contributed by atoms with Gasteiger partial charge in [-0.25, -0.2) is 17.9 Å². The van der Waals surface area contributed by atoms with Crippen LogP contribution in [0, 0.1) is 0 Å². The zero-order chi connectivity index (χ0) is 19.2. The second-order valence-corrected chi connectivity index (χ2v) is 7.88. The molecule has 6 nitrogen and oxygen atoms in total. The van der Waals surface area contributed by atoms with E-state index in [1.54, 1.807) is 6.92 Å². The number of sulfonamides is 1. The second-order valence-electron chi connectivity index (χ2n) is 6.16. The average molecular weight is 376 g/mol. The van der Waals surface area contributed by atoms with E-state index in [9.17, 15) is 18.3 Å². The van der Waals surface area contributed by atoms with Crippen molar-refractivity contribution in [1.82, 2.24) is 4.72 Å². The van der Waals surface area contributed by atoms with Crippen LogP contribution in [0.5, 0.6) is 0 Å². The van der Waals surface area contributed by atoms with Crippen LogP contribution in [0.2, 0.25) is 0 Å². The molecular weight excluding hydrogens is 352 g/mol. The predicted molar refractivity (Wildman–Crippen MR) is 102 cm³/mol. The molecule has 2 aromatic rings. The number of hydrogen-bond acceptors (Lipinski definition) is 4. The Morgan fingerprint density at radius 1 is 1.15 bits per heavy atom. The van der Waals surface area contributed by atoms with Crippen LogP contribution < -0.4 is 10.0 Å². The van der Waals surface area contributed by atoms with E-state index in [1.165, 1.54) is 18.2 Å². The molecule has 0 saturated carbocycles. The van der Waals surface area contributed by atoms with Crippen LogP contribution in [0.15, 0.2) is 53.4 Å². The van der Waals surface area contributed by atoms with Crippen LogP contribution >= 0.6 is 0 Å². The smallest absolute Gasteiger partial charge is 0.337 e. The van der Waals surface area contributed by atoms with Gasteiger partial charge < -0.3 is 10.4 Å². The minimum atomic E-state index is -3.76. The lowest BCUT2D eigenvalue weighted by Gasteiger charge is -2.15. The molecule has 0 saturated heterocycles. The predicted octanol–water partition coefficient (Wildman–Crippen LogP) is 3.46. The van der Waals surface area contributed by atoms with Crippen LogP contribution in [-0.4, -0.2) is 25.5 Å². The molecule has 0 heterocycles. The largest absolute Gasteiger partial charge is 0.478 e. The Morgan fingerprint density at radius 2 is 1.85 bits per heavy atom. The minimum Gasteiger partial charge on any atom is -0.478 e. The topological polar surface area (TPSA) is 95.5 Å². The highest BCUT2D eigenvalue weighted by Crippen LogP contribution is 2.22. The van der Waals surface area contributed by atoms with Crippen molar-refractivity contribution in [3.63, 3.8) is 0 Å². The van der Waals surface area contributed by atoms with Crippen molar-refractivity contribution in [3.8, 4) is 0 Å². The summed E-state index contributed by atoms with van der Waals surface area (Å²) in [6.07, 6.45) is 1.56. The van der Waals surface area contributed by atoms with E-state index in [0.717, 1.165) is 12.0 Å². The molecule has 1 atom stereocenters. The first-order valence-corrected chi connectivity index (χ1v) is 9.99. The van der Waals surface area contributed by atoms with Crippen molar-refractivity contribution in [1.29, 1.82) is 0 Å². The van der Waals surface area contributed by atoms with Crippen molar-refractivity contribution in [2.75, 3.05) is 5.32 Å². The summed E-state index contributed by atoms with van der Waals surface area (Å²) in [4.78, 5) is 11.5. The summed E-state index contributed by atoms with van der Waals surface area (Å²) >= 11 is 0. The van der Waals surface area contributed by atoms with E-state index in [0.29, 0.717) is 18.7 Å². The van der Waals surface area contributed by atoms with Gasteiger partial charge in [0.25, 0.3) is 0 Å². The van der Waals surface area contributed by atoms with Gasteiger partial charge in [-0.05, 0) is 37.1 Å². The first-order chi connectivity index (χ1) is 12.3. The number of rotatable bonds is 9. The summed E-state index contributed by atoms with van der Waals surface area (Å²) < 4.78 is 27.5. The van der Waals surface area contributed by atoms with Crippen LogP contribution in [0.25, 0.3) is 0 Å². The molecule has 0 radical (unpaired) electrons. The highest BCUT2D eigenvalue weighted by atomic mass is 32.2. The summed E-state index contributed by atoms with van der Waals surface area (Å²) in [6.45, 7) is 4.20. The third-order valence-corrected chi connectivity index (χ3v) is 5.52. The Balaban J connectivity index is 2.24. The monoisotopic (exact) mass is 376 g/mol. The third kappa shape index (κ3) is 5.31. The molecule has 0 aliphatic carbocycles. The van der Waals surface area contributed by atoms with Gasteiger partial charge in [0.2, 0.25) is 10.0 Å². The highest BCUT2D eigenvalue weighted by molar-refractivity contribution is 7.89. The van der Waals surface area contributed by atoms with Crippen LogP contribution in [0.4, 0.5) is 5.69 Å². The number of benzene rings is 2. The number of nitrogens with one attached hydrogen (secondary N) is 2. The van der Waals surface area contributed by atoms with E-state index in [-0.39, 0.29) is 16.5 Å². The van der Waals surface area contributed by atoms with Gasteiger partial charge in [0, 0.05) is 18.3 Å². The zero-order valence-corrected chi connectivity index (χ0v) is 15.7.